The number of aliphatic hydroxyl groups excluding tert-OH is 1. The molecule has 0 aliphatic carbocycles. The van der Waals surface area contributed by atoms with Gasteiger partial charge in [0.05, 0.1) is 5.56 Å². The fraction of sp³-hybridized carbons (Fsp3) is 0.474. The molecule has 0 saturated carbocycles. The summed E-state index contributed by atoms with van der Waals surface area (Å²) in [6.45, 7) is 2.83. The van der Waals surface area contributed by atoms with Crippen molar-refractivity contribution in [2.75, 3.05) is 6.61 Å². The Labute approximate surface area is 176 Å². The monoisotopic (exact) mass is 442 g/mol. The van der Waals surface area contributed by atoms with Gasteiger partial charge in [0, 0.05) is 20.8 Å². The van der Waals surface area contributed by atoms with Crippen LogP contribution in [-0.2, 0) is 33.3 Å². The second-order valence-electron chi connectivity index (χ2n) is 6.59. The van der Waals surface area contributed by atoms with Gasteiger partial charge in [-0.2, -0.15) is 0 Å². The summed E-state index contributed by atoms with van der Waals surface area (Å²) in [5.41, 5.74) is -0.216. The van der Waals surface area contributed by atoms with E-state index in [-0.39, 0.29) is 11.3 Å². The third-order valence-electron chi connectivity index (χ3n) is 4.12. The van der Waals surface area contributed by atoms with Crippen molar-refractivity contribution < 1.29 is 58.2 Å². The lowest BCUT2D eigenvalue weighted by molar-refractivity contribution is -0.286. The Hall–Kier alpha value is -3.38. The van der Waals surface area contributed by atoms with E-state index in [1.807, 2.05) is 0 Å². The highest BCUT2D eigenvalue weighted by atomic mass is 16.7. The first kappa shape index (κ1) is 23.9. The van der Waals surface area contributed by atoms with Crippen molar-refractivity contribution in [3.63, 3.8) is 0 Å². The van der Waals surface area contributed by atoms with Gasteiger partial charge in [-0.15, -0.1) is 0 Å². The summed E-state index contributed by atoms with van der Waals surface area (Å²) in [6.07, 6.45) is -7.26. The van der Waals surface area contributed by atoms with E-state index in [0.717, 1.165) is 39.0 Å². The molecular formula is C19H22O12. The molecule has 0 amide bonds. The van der Waals surface area contributed by atoms with Gasteiger partial charge in [-0.3, -0.25) is 14.4 Å². The van der Waals surface area contributed by atoms with Crippen LogP contribution in [-0.4, -0.2) is 76.5 Å². The SMILES string of the molecule is CC(=O)OC[C@H]1O[C@@H](Oc2ccc(C(=O)O)cc2O)[C@H](OC(C)=O)[C@@H](OC(C)=O)[C@H]1O. The molecule has 12 heteroatoms. The molecule has 0 bridgehead atoms. The minimum atomic E-state index is -1.56. The van der Waals surface area contributed by atoms with Crippen LogP contribution in [0.4, 0.5) is 0 Å². The number of carbonyl (C=O) groups excluding carboxylic acids is 3. The topological polar surface area (TPSA) is 175 Å². The number of phenolic OH excluding ortho intramolecular Hbond substituents is 1. The number of aromatic hydroxyl groups is 1. The number of carbonyl (C=O) groups is 4. The lowest BCUT2D eigenvalue weighted by Gasteiger charge is -2.42. The zero-order valence-electron chi connectivity index (χ0n) is 16.8. The Kier molecular flexibility index (Phi) is 7.78. The van der Waals surface area contributed by atoms with E-state index in [9.17, 15) is 29.4 Å². The maximum atomic E-state index is 11.6. The number of rotatable bonds is 7. The molecule has 1 fully saturated rings. The highest BCUT2D eigenvalue weighted by molar-refractivity contribution is 5.88. The first-order valence-corrected chi connectivity index (χ1v) is 9.04. The number of hydrogen-bond donors (Lipinski definition) is 3. The lowest BCUT2D eigenvalue weighted by atomic mass is 9.98. The van der Waals surface area contributed by atoms with E-state index < -0.39 is 66.9 Å². The van der Waals surface area contributed by atoms with Crippen molar-refractivity contribution in [1.29, 1.82) is 0 Å². The normalized spacial score (nSPS) is 25.2. The molecule has 0 aromatic heterocycles. The smallest absolute Gasteiger partial charge is 0.335 e. The van der Waals surface area contributed by atoms with E-state index in [4.69, 9.17) is 28.8 Å². The van der Waals surface area contributed by atoms with E-state index in [2.05, 4.69) is 0 Å². The molecule has 1 aromatic rings. The van der Waals surface area contributed by atoms with Crippen molar-refractivity contribution in [1.82, 2.24) is 0 Å². The minimum absolute atomic E-state index is 0.216. The molecule has 1 aliphatic heterocycles. The summed E-state index contributed by atoms with van der Waals surface area (Å²) in [5.74, 6) is -4.36. The standard InChI is InChI=1S/C19H22O12/c1-8(20)27-7-14-15(24)16(28-9(2)21)17(29-10(3)22)19(31-14)30-13-5-4-11(18(25)26)6-12(13)23/h4-6,14-17,19,23-24H,7H2,1-3H3,(H,25,26)/t14-,15+,16+,17-,19-/m1/s1. The molecule has 1 aromatic carbocycles. The number of aromatic carboxylic acids is 1. The largest absolute Gasteiger partial charge is 0.504 e. The predicted molar refractivity (Wildman–Crippen MR) is 98.1 cm³/mol. The highest BCUT2D eigenvalue weighted by Gasteiger charge is 2.51. The molecule has 31 heavy (non-hydrogen) atoms. The zero-order valence-corrected chi connectivity index (χ0v) is 16.8. The van der Waals surface area contributed by atoms with Crippen LogP contribution in [0.2, 0.25) is 0 Å². The number of ether oxygens (including phenoxy) is 5. The average Bonchev–Trinajstić information content (AvgIpc) is 2.66. The molecule has 1 heterocycles. The van der Waals surface area contributed by atoms with Crippen LogP contribution in [0.5, 0.6) is 11.5 Å². The Balaban J connectivity index is 2.38. The summed E-state index contributed by atoms with van der Waals surface area (Å²) in [5, 5.41) is 29.6. The molecule has 170 valence electrons. The molecular weight excluding hydrogens is 420 g/mol. The minimum Gasteiger partial charge on any atom is -0.504 e. The van der Waals surface area contributed by atoms with Gasteiger partial charge in [0.2, 0.25) is 12.4 Å². The van der Waals surface area contributed by atoms with Crippen molar-refractivity contribution >= 4 is 23.9 Å². The fourth-order valence-electron chi connectivity index (χ4n) is 2.84. The van der Waals surface area contributed by atoms with Crippen LogP contribution in [0.25, 0.3) is 0 Å². The van der Waals surface area contributed by atoms with Crippen LogP contribution in [0.15, 0.2) is 18.2 Å². The van der Waals surface area contributed by atoms with Gasteiger partial charge in [-0.05, 0) is 18.2 Å². The number of hydrogen-bond acceptors (Lipinski definition) is 11. The van der Waals surface area contributed by atoms with Crippen LogP contribution < -0.4 is 4.74 Å². The molecule has 2 rings (SSSR count). The predicted octanol–water partition coefficient (Wildman–Crippen LogP) is -0.0185. The molecule has 3 N–H and O–H groups in total. The van der Waals surface area contributed by atoms with Crippen molar-refractivity contribution in [2.24, 2.45) is 0 Å². The molecule has 5 atom stereocenters. The van der Waals surface area contributed by atoms with Gasteiger partial charge in [-0.1, -0.05) is 0 Å². The van der Waals surface area contributed by atoms with Crippen LogP contribution in [0.3, 0.4) is 0 Å². The fourth-order valence-corrected chi connectivity index (χ4v) is 2.84. The first-order chi connectivity index (χ1) is 14.5. The van der Waals surface area contributed by atoms with Gasteiger partial charge in [-0.25, -0.2) is 4.79 Å². The molecule has 1 saturated heterocycles. The molecule has 1 aliphatic rings. The van der Waals surface area contributed by atoms with Gasteiger partial charge >= 0.3 is 23.9 Å². The van der Waals surface area contributed by atoms with Gasteiger partial charge in [0.25, 0.3) is 0 Å². The molecule has 0 unspecified atom stereocenters. The van der Waals surface area contributed by atoms with E-state index in [1.54, 1.807) is 0 Å². The summed E-state index contributed by atoms with van der Waals surface area (Å²) in [6, 6.07) is 3.21. The van der Waals surface area contributed by atoms with Crippen LogP contribution in [0.1, 0.15) is 31.1 Å². The second-order valence-corrected chi connectivity index (χ2v) is 6.59. The maximum absolute atomic E-state index is 11.6. The zero-order chi connectivity index (χ0) is 23.3. The summed E-state index contributed by atoms with van der Waals surface area (Å²) < 4.78 is 26.2. The van der Waals surface area contributed by atoms with Crippen LogP contribution in [0, 0.1) is 0 Å². The summed E-state index contributed by atoms with van der Waals surface area (Å²) in [4.78, 5) is 45.3. The van der Waals surface area contributed by atoms with Crippen molar-refractivity contribution in [3.05, 3.63) is 23.8 Å². The highest BCUT2D eigenvalue weighted by Crippen LogP contribution is 2.33. The Morgan fingerprint density at radius 3 is 2.13 bits per heavy atom. The second kappa shape index (κ2) is 10.1. The number of carboxylic acids is 1. The summed E-state index contributed by atoms with van der Waals surface area (Å²) in [7, 11) is 0. The Morgan fingerprint density at radius 1 is 1.00 bits per heavy atom. The number of benzene rings is 1. The van der Waals surface area contributed by atoms with Gasteiger partial charge < -0.3 is 39.0 Å². The number of phenols is 1. The number of aliphatic hydroxyl groups is 1. The first-order valence-electron chi connectivity index (χ1n) is 9.04. The third-order valence-corrected chi connectivity index (χ3v) is 4.12. The maximum Gasteiger partial charge on any atom is 0.335 e. The van der Waals surface area contributed by atoms with E-state index in [0.29, 0.717) is 0 Å². The average molecular weight is 442 g/mol. The quantitative estimate of drug-likeness (QED) is 0.381. The lowest BCUT2D eigenvalue weighted by Crippen LogP contribution is -2.62. The third kappa shape index (κ3) is 6.30. The van der Waals surface area contributed by atoms with Gasteiger partial charge in [0.15, 0.2) is 17.6 Å². The summed E-state index contributed by atoms with van der Waals surface area (Å²) >= 11 is 0. The molecule has 12 nitrogen and oxygen atoms in total. The Bertz CT molecular complexity index is 850. The number of carboxylic acid groups (broad SMARTS) is 1. The van der Waals surface area contributed by atoms with Gasteiger partial charge in [0.1, 0.15) is 18.8 Å². The molecule has 0 spiro atoms. The van der Waals surface area contributed by atoms with E-state index in [1.165, 1.54) is 0 Å². The van der Waals surface area contributed by atoms with Crippen LogP contribution >= 0.6 is 0 Å². The van der Waals surface area contributed by atoms with Crippen molar-refractivity contribution in [2.45, 2.75) is 51.5 Å². The number of esters is 3. The Morgan fingerprint density at radius 2 is 1.61 bits per heavy atom. The molecule has 0 radical (unpaired) electrons. The van der Waals surface area contributed by atoms with E-state index >= 15 is 0 Å². The van der Waals surface area contributed by atoms with Crippen molar-refractivity contribution in [3.8, 4) is 11.5 Å².